The second-order valence-corrected chi connectivity index (χ2v) is 5.63. The van der Waals surface area contributed by atoms with Gasteiger partial charge in [-0.05, 0) is 45.6 Å². The first-order chi connectivity index (χ1) is 9.60. The summed E-state index contributed by atoms with van der Waals surface area (Å²) < 4.78 is 0. The highest BCUT2D eigenvalue weighted by molar-refractivity contribution is 5.96. The Hall–Kier alpha value is -1.59. The van der Waals surface area contributed by atoms with E-state index in [2.05, 4.69) is 29.1 Å². The van der Waals surface area contributed by atoms with Gasteiger partial charge in [-0.25, -0.2) is 0 Å². The number of oxime groups is 1. The van der Waals surface area contributed by atoms with Gasteiger partial charge < -0.3 is 15.8 Å². The molecule has 0 unspecified atom stereocenters. The number of rotatable bonds is 4. The van der Waals surface area contributed by atoms with E-state index in [1.165, 1.54) is 31.5 Å². The average Bonchev–Trinajstić information content (AvgIpc) is 2.48. The van der Waals surface area contributed by atoms with Crippen molar-refractivity contribution in [2.75, 3.05) is 27.2 Å². The van der Waals surface area contributed by atoms with Crippen LogP contribution in [-0.2, 0) is 6.54 Å². The van der Waals surface area contributed by atoms with Crippen molar-refractivity contribution in [3.63, 3.8) is 0 Å². The third kappa shape index (κ3) is 3.71. The van der Waals surface area contributed by atoms with Gasteiger partial charge >= 0.3 is 0 Å². The number of benzene rings is 1. The highest BCUT2D eigenvalue weighted by Gasteiger charge is 2.20. The van der Waals surface area contributed by atoms with Gasteiger partial charge in [-0.2, -0.15) is 0 Å². The molecule has 0 spiro atoms. The van der Waals surface area contributed by atoms with Gasteiger partial charge in [0.15, 0.2) is 5.84 Å². The highest BCUT2D eigenvalue weighted by atomic mass is 16.4. The first-order valence-electron chi connectivity index (χ1n) is 7.06. The molecule has 0 bridgehead atoms. The molecule has 3 N–H and O–H groups in total. The number of nitrogens with two attached hydrogens (primary N) is 1. The fourth-order valence-corrected chi connectivity index (χ4v) is 2.69. The van der Waals surface area contributed by atoms with E-state index in [1.807, 2.05) is 24.3 Å². The van der Waals surface area contributed by atoms with Crippen molar-refractivity contribution in [1.29, 1.82) is 0 Å². The SMILES string of the molecule is CN1CCC(N(C)Cc2ccc(/C(N)=N/O)cc2)CC1. The zero-order valence-corrected chi connectivity index (χ0v) is 12.3. The molecule has 0 saturated carbocycles. The van der Waals surface area contributed by atoms with Gasteiger partial charge in [-0.3, -0.25) is 4.90 Å². The predicted octanol–water partition coefficient (Wildman–Crippen LogP) is 1.31. The average molecular weight is 276 g/mol. The smallest absolute Gasteiger partial charge is 0.170 e. The summed E-state index contributed by atoms with van der Waals surface area (Å²) in [4.78, 5) is 4.81. The Morgan fingerprint density at radius 1 is 1.35 bits per heavy atom. The maximum Gasteiger partial charge on any atom is 0.170 e. The number of likely N-dealkylation sites (tertiary alicyclic amines) is 1. The summed E-state index contributed by atoms with van der Waals surface area (Å²) in [5.41, 5.74) is 7.56. The molecule has 5 heteroatoms. The van der Waals surface area contributed by atoms with Crippen molar-refractivity contribution in [3.8, 4) is 0 Å². The van der Waals surface area contributed by atoms with Crippen LogP contribution in [0.1, 0.15) is 24.0 Å². The molecule has 2 rings (SSSR count). The molecule has 20 heavy (non-hydrogen) atoms. The largest absolute Gasteiger partial charge is 0.409 e. The van der Waals surface area contributed by atoms with Crippen molar-refractivity contribution >= 4 is 5.84 Å². The van der Waals surface area contributed by atoms with Crippen molar-refractivity contribution in [3.05, 3.63) is 35.4 Å². The van der Waals surface area contributed by atoms with Gasteiger partial charge in [0.1, 0.15) is 0 Å². The fraction of sp³-hybridized carbons (Fsp3) is 0.533. The Bertz CT molecular complexity index is 449. The summed E-state index contributed by atoms with van der Waals surface area (Å²) in [5, 5.41) is 11.7. The maximum atomic E-state index is 8.65. The van der Waals surface area contributed by atoms with Gasteiger partial charge in [0.05, 0.1) is 0 Å². The molecule has 0 radical (unpaired) electrons. The molecule has 110 valence electrons. The topological polar surface area (TPSA) is 65.1 Å². The van der Waals surface area contributed by atoms with Gasteiger partial charge in [0.2, 0.25) is 0 Å². The quantitative estimate of drug-likeness (QED) is 0.377. The van der Waals surface area contributed by atoms with E-state index < -0.39 is 0 Å². The van der Waals surface area contributed by atoms with Crippen LogP contribution in [0, 0.1) is 0 Å². The normalized spacial score (nSPS) is 18.6. The van der Waals surface area contributed by atoms with Crippen LogP contribution in [0.2, 0.25) is 0 Å². The van der Waals surface area contributed by atoms with Gasteiger partial charge in [0, 0.05) is 18.2 Å². The summed E-state index contributed by atoms with van der Waals surface area (Å²) in [6.45, 7) is 3.29. The van der Waals surface area contributed by atoms with Crippen LogP contribution in [-0.4, -0.2) is 54.1 Å². The Morgan fingerprint density at radius 2 is 1.95 bits per heavy atom. The summed E-state index contributed by atoms with van der Waals surface area (Å²) in [7, 11) is 4.37. The van der Waals surface area contributed by atoms with E-state index in [0.717, 1.165) is 12.1 Å². The zero-order chi connectivity index (χ0) is 14.5. The number of nitrogens with zero attached hydrogens (tertiary/aromatic N) is 3. The lowest BCUT2D eigenvalue weighted by Crippen LogP contribution is -2.41. The minimum atomic E-state index is 0.153. The lowest BCUT2D eigenvalue weighted by atomic mass is 10.0. The fourth-order valence-electron chi connectivity index (χ4n) is 2.69. The monoisotopic (exact) mass is 276 g/mol. The molecule has 0 amide bonds. The second-order valence-electron chi connectivity index (χ2n) is 5.63. The Balaban J connectivity index is 1.92. The number of hydrogen-bond acceptors (Lipinski definition) is 4. The Morgan fingerprint density at radius 3 is 2.50 bits per heavy atom. The number of hydrogen-bond donors (Lipinski definition) is 2. The van der Waals surface area contributed by atoms with Crippen molar-refractivity contribution in [2.45, 2.75) is 25.4 Å². The van der Waals surface area contributed by atoms with Crippen molar-refractivity contribution < 1.29 is 5.21 Å². The molecule has 1 aromatic rings. The molecule has 1 fully saturated rings. The van der Waals surface area contributed by atoms with E-state index in [4.69, 9.17) is 10.9 Å². The van der Waals surface area contributed by atoms with Gasteiger partial charge in [-0.15, -0.1) is 0 Å². The molecule has 0 aromatic heterocycles. The van der Waals surface area contributed by atoms with Crippen LogP contribution in [0.3, 0.4) is 0 Å². The summed E-state index contributed by atoms with van der Waals surface area (Å²) in [6.07, 6.45) is 2.46. The van der Waals surface area contributed by atoms with E-state index in [1.54, 1.807) is 0 Å². The molecule has 1 aliphatic rings. The highest BCUT2D eigenvalue weighted by Crippen LogP contribution is 2.16. The minimum Gasteiger partial charge on any atom is -0.409 e. The standard InChI is InChI=1S/C15H24N4O/c1-18-9-7-14(8-10-18)19(2)11-12-3-5-13(6-4-12)15(16)17-20/h3-6,14,20H,7-11H2,1-2H3,(H2,16,17). The van der Waals surface area contributed by atoms with Crippen LogP contribution in [0.4, 0.5) is 0 Å². The molecular weight excluding hydrogens is 252 g/mol. The molecule has 1 aromatic carbocycles. The van der Waals surface area contributed by atoms with Crippen molar-refractivity contribution in [2.24, 2.45) is 10.9 Å². The summed E-state index contributed by atoms with van der Waals surface area (Å²) >= 11 is 0. The minimum absolute atomic E-state index is 0.153. The summed E-state index contributed by atoms with van der Waals surface area (Å²) in [6, 6.07) is 8.53. The molecule has 0 atom stereocenters. The third-order valence-corrected chi connectivity index (χ3v) is 4.10. The van der Waals surface area contributed by atoms with Crippen LogP contribution in [0.5, 0.6) is 0 Å². The van der Waals surface area contributed by atoms with Crippen LogP contribution >= 0.6 is 0 Å². The lowest BCUT2D eigenvalue weighted by molar-refractivity contribution is 0.139. The Labute approximate surface area is 120 Å². The van der Waals surface area contributed by atoms with E-state index in [0.29, 0.717) is 6.04 Å². The molecular formula is C15H24N4O. The third-order valence-electron chi connectivity index (χ3n) is 4.10. The van der Waals surface area contributed by atoms with Crippen molar-refractivity contribution in [1.82, 2.24) is 9.80 Å². The second kappa shape index (κ2) is 6.72. The predicted molar refractivity (Wildman–Crippen MR) is 80.9 cm³/mol. The molecule has 1 saturated heterocycles. The van der Waals surface area contributed by atoms with Crippen LogP contribution in [0.25, 0.3) is 0 Å². The molecule has 0 aliphatic carbocycles. The zero-order valence-electron chi connectivity index (χ0n) is 12.3. The van der Waals surface area contributed by atoms with Gasteiger partial charge in [0.25, 0.3) is 0 Å². The van der Waals surface area contributed by atoms with Gasteiger partial charge in [-0.1, -0.05) is 29.4 Å². The van der Waals surface area contributed by atoms with Crippen LogP contribution in [0.15, 0.2) is 29.4 Å². The number of amidine groups is 1. The van der Waals surface area contributed by atoms with E-state index in [9.17, 15) is 0 Å². The summed E-state index contributed by atoms with van der Waals surface area (Å²) in [5.74, 6) is 0.153. The lowest BCUT2D eigenvalue weighted by Gasteiger charge is -2.35. The molecule has 1 aliphatic heterocycles. The maximum absolute atomic E-state index is 8.65. The first-order valence-corrected chi connectivity index (χ1v) is 7.06. The first kappa shape index (κ1) is 14.8. The number of piperidine rings is 1. The molecule has 5 nitrogen and oxygen atoms in total. The van der Waals surface area contributed by atoms with E-state index >= 15 is 0 Å². The van der Waals surface area contributed by atoms with E-state index in [-0.39, 0.29) is 5.84 Å². The molecule has 1 heterocycles. The Kier molecular flexibility index (Phi) is 4.98. The van der Waals surface area contributed by atoms with Crippen LogP contribution < -0.4 is 5.73 Å².